The molecule has 6 nitrogen and oxygen atoms in total. The van der Waals surface area contributed by atoms with Crippen molar-refractivity contribution in [2.45, 2.75) is 33.1 Å². The number of H-pyrrole nitrogens is 1. The van der Waals surface area contributed by atoms with Gasteiger partial charge in [-0.25, -0.2) is 4.98 Å². The van der Waals surface area contributed by atoms with Crippen LogP contribution < -0.4 is 5.32 Å². The minimum absolute atomic E-state index is 0.0716. The number of imidazole rings is 1. The lowest BCUT2D eigenvalue weighted by Gasteiger charge is -1.99. The van der Waals surface area contributed by atoms with Crippen LogP contribution in [0.2, 0.25) is 0 Å². The average molecular weight is 329 g/mol. The molecule has 0 saturated heterocycles. The van der Waals surface area contributed by atoms with Crippen molar-refractivity contribution in [3.8, 4) is 0 Å². The molecule has 3 aromatic rings. The van der Waals surface area contributed by atoms with Gasteiger partial charge in [-0.1, -0.05) is 37.3 Å². The Kier molecular flexibility index (Phi) is 4.66. The van der Waals surface area contributed by atoms with E-state index in [0.29, 0.717) is 23.9 Å². The fraction of sp³-hybridized carbons (Fsp3) is 0.375. The van der Waals surface area contributed by atoms with Crippen LogP contribution in [0.15, 0.2) is 24.3 Å². The zero-order chi connectivity index (χ0) is 16.2. The van der Waals surface area contributed by atoms with Crippen molar-refractivity contribution < 1.29 is 4.79 Å². The van der Waals surface area contributed by atoms with Gasteiger partial charge in [0.15, 0.2) is 0 Å². The van der Waals surface area contributed by atoms with E-state index in [1.165, 1.54) is 11.3 Å². The number of hydrogen-bond acceptors (Lipinski definition) is 5. The Hall–Kier alpha value is -2.28. The number of para-hydroxylation sites is 2. The van der Waals surface area contributed by atoms with Gasteiger partial charge in [-0.05, 0) is 18.1 Å². The monoisotopic (exact) mass is 329 g/mol. The van der Waals surface area contributed by atoms with Crippen LogP contribution >= 0.6 is 11.3 Å². The highest BCUT2D eigenvalue weighted by Gasteiger charge is 2.10. The summed E-state index contributed by atoms with van der Waals surface area (Å²) in [7, 11) is 0. The summed E-state index contributed by atoms with van der Waals surface area (Å²) in [5, 5.41) is 12.4. The standard InChI is InChI=1S/C16H19N5OS/c1-10(2)9-15-20-21-16(23-15)19-14(22)8-7-13-17-11-5-3-4-6-12(11)18-13/h3-6,10H,7-9H2,1-2H3,(H,17,18)(H,19,21,22). The summed E-state index contributed by atoms with van der Waals surface area (Å²) in [6.45, 7) is 4.26. The highest BCUT2D eigenvalue weighted by atomic mass is 32.1. The second-order valence-electron chi connectivity index (χ2n) is 5.85. The van der Waals surface area contributed by atoms with Crippen LogP contribution in [0.3, 0.4) is 0 Å². The normalized spacial score (nSPS) is 11.3. The maximum absolute atomic E-state index is 12.0. The number of hydrogen-bond donors (Lipinski definition) is 2. The van der Waals surface area contributed by atoms with Gasteiger partial charge < -0.3 is 10.3 Å². The average Bonchev–Trinajstić information content (AvgIpc) is 3.10. The number of aryl methyl sites for hydroxylation is 1. The lowest BCUT2D eigenvalue weighted by molar-refractivity contribution is -0.116. The molecule has 23 heavy (non-hydrogen) atoms. The molecule has 0 atom stereocenters. The molecule has 2 heterocycles. The lowest BCUT2D eigenvalue weighted by atomic mass is 10.1. The van der Waals surface area contributed by atoms with Gasteiger partial charge in [0.05, 0.1) is 11.0 Å². The molecule has 1 aromatic carbocycles. The summed E-state index contributed by atoms with van der Waals surface area (Å²) in [4.78, 5) is 19.7. The maximum atomic E-state index is 12.0. The maximum Gasteiger partial charge on any atom is 0.226 e. The summed E-state index contributed by atoms with van der Waals surface area (Å²) in [5.41, 5.74) is 1.91. The molecule has 2 aromatic heterocycles. The number of nitrogens with one attached hydrogen (secondary N) is 2. The highest BCUT2D eigenvalue weighted by molar-refractivity contribution is 7.15. The summed E-state index contributed by atoms with van der Waals surface area (Å²) in [6, 6.07) is 7.83. The van der Waals surface area contributed by atoms with E-state index in [9.17, 15) is 4.79 Å². The zero-order valence-electron chi connectivity index (χ0n) is 13.2. The van der Waals surface area contributed by atoms with Crippen LogP contribution in [-0.4, -0.2) is 26.1 Å². The van der Waals surface area contributed by atoms with Crippen molar-refractivity contribution in [1.82, 2.24) is 20.2 Å². The molecule has 0 bridgehead atoms. The van der Waals surface area contributed by atoms with Crippen LogP contribution in [0, 0.1) is 5.92 Å². The molecule has 0 saturated carbocycles. The van der Waals surface area contributed by atoms with E-state index in [0.717, 1.165) is 28.3 Å². The fourth-order valence-electron chi connectivity index (χ4n) is 2.27. The predicted molar refractivity (Wildman–Crippen MR) is 91.5 cm³/mol. The summed E-state index contributed by atoms with van der Waals surface area (Å²) in [6.07, 6.45) is 1.81. The third-order valence-electron chi connectivity index (χ3n) is 3.32. The van der Waals surface area contributed by atoms with E-state index in [4.69, 9.17) is 0 Å². The number of nitrogens with zero attached hydrogens (tertiary/aromatic N) is 3. The first-order valence-corrected chi connectivity index (χ1v) is 8.47. The molecule has 0 radical (unpaired) electrons. The summed E-state index contributed by atoms with van der Waals surface area (Å²) < 4.78 is 0. The molecular weight excluding hydrogens is 310 g/mol. The number of fused-ring (bicyclic) bond motifs is 1. The number of aromatic amines is 1. The van der Waals surface area contributed by atoms with E-state index in [2.05, 4.69) is 39.3 Å². The minimum atomic E-state index is -0.0716. The van der Waals surface area contributed by atoms with Crippen molar-refractivity contribution in [3.63, 3.8) is 0 Å². The van der Waals surface area contributed by atoms with Crippen molar-refractivity contribution in [1.29, 1.82) is 0 Å². The second-order valence-corrected chi connectivity index (χ2v) is 6.91. The Balaban J connectivity index is 1.54. The Bertz CT molecular complexity index is 775. The Morgan fingerprint density at radius 2 is 2.13 bits per heavy atom. The van der Waals surface area contributed by atoms with Crippen LogP contribution in [-0.2, 0) is 17.6 Å². The van der Waals surface area contributed by atoms with E-state index >= 15 is 0 Å². The number of rotatable bonds is 6. The molecule has 120 valence electrons. The van der Waals surface area contributed by atoms with Gasteiger partial charge in [0.2, 0.25) is 11.0 Å². The molecule has 2 N–H and O–H groups in total. The predicted octanol–water partition coefficient (Wildman–Crippen LogP) is 3.18. The van der Waals surface area contributed by atoms with Crippen molar-refractivity contribution in [2.24, 2.45) is 5.92 Å². The SMILES string of the molecule is CC(C)Cc1nnc(NC(=O)CCc2nc3ccccc3[nH]2)s1. The lowest BCUT2D eigenvalue weighted by Crippen LogP contribution is -2.12. The molecule has 0 aliphatic rings. The van der Waals surface area contributed by atoms with E-state index in [-0.39, 0.29) is 5.91 Å². The van der Waals surface area contributed by atoms with E-state index < -0.39 is 0 Å². The van der Waals surface area contributed by atoms with Crippen LogP contribution in [0.4, 0.5) is 5.13 Å². The molecule has 3 rings (SSSR count). The molecular formula is C16H19N5OS. The van der Waals surface area contributed by atoms with Gasteiger partial charge in [0.1, 0.15) is 10.8 Å². The molecule has 0 unspecified atom stereocenters. The number of anilines is 1. The third-order valence-corrected chi connectivity index (χ3v) is 4.18. The van der Waals surface area contributed by atoms with Gasteiger partial charge in [-0.3, -0.25) is 4.79 Å². The van der Waals surface area contributed by atoms with E-state index in [1.807, 2.05) is 24.3 Å². The van der Waals surface area contributed by atoms with Crippen molar-refractivity contribution >= 4 is 33.4 Å². The van der Waals surface area contributed by atoms with Crippen LogP contribution in [0.5, 0.6) is 0 Å². The second kappa shape index (κ2) is 6.87. The Morgan fingerprint density at radius 3 is 2.91 bits per heavy atom. The Morgan fingerprint density at radius 1 is 1.30 bits per heavy atom. The smallest absolute Gasteiger partial charge is 0.226 e. The number of aromatic nitrogens is 4. The number of carbonyl (C=O) groups excluding carboxylic acids is 1. The first-order valence-electron chi connectivity index (χ1n) is 7.66. The van der Waals surface area contributed by atoms with Gasteiger partial charge in [0.25, 0.3) is 0 Å². The molecule has 0 aliphatic heterocycles. The molecule has 0 aliphatic carbocycles. The number of benzene rings is 1. The molecule has 0 spiro atoms. The Labute approximate surface area is 138 Å². The van der Waals surface area contributed by atoms with Crippen LogP contribution in [0.1, 0.15) is 31.1 Å². The van der Waals surface area contributed by atoms with Gasteiger partial charge >= 0.3 is 0 Å². The number of carbonyl (C=O) groups is 1. The highest BCUT2D eigenvalue weighted by Crippen LogP contribution is 2.18. The van der Waals surface area contributed by atoms with Crippen molar-refractivity contribution in [3.05, 3.63) is 35.1 Å². The summed E-state index contributed by atoms with van der Waals surface area (Å²) >= 11 is 1.44. The zero-order valence-corrected chi connectivity index (χ0v) is 14.0. The summed E-state index contributed by atoms with van der Waals surface area (Å²) in [5.74, 6) is 1.27. The third kappa shape index (κ3) is 4.13. The van der Waals surface area contributed by atoms with Gasteiger partial charge in [-0.2, -0.15) is 0 Å². The van der Waals surface area contributed by atoms with Crippen LogP contribution in [0.25, 0.3) is 11.0 Å². The van der Waals surface area contributed by atoms with Gasteiger partial charge in [-0.15, -0.1) is 10.2 Å². The molecule has 1 amide bonds. The molecule has 7 heteroatoms. The number of amides is 1. The van der Waals surface area contributed by atoms with Gasteiger partial charge in [0, 0.05) is 19.3 Å². The fourth-order valence-corrected chi connectivity index (χ4v) is 3.24. The van der Waals surface area contributed by atoms with E-state index in [1.54, 1.807) is 0 Å². The first-order chi connectivity index (χ1) is 11.1. The topological polar surface area (TPSA) is 83.6 Å². The molecule has 0 fully saturated rings. The van der Waals surface area contributed by atoms with Crippen molar-refractivity contribution in [2.75, 3.05) is 5.32 Å². The quantitative estimate of drug-likeness (QED) is 0.727. The minimum Gasteiger partial charge on any atom is -0.342 e. The first kappa shape index (κ1) is 15.6. The largest absolute Gasteiger partial charge is 0.342 e.